The number of carbonyl (C=O) groups excluding carboxylic acids is 2. The highest BCUT2D eigenvalue weighted by molar-refractivity contribution is 8.15. The van der Waals surface area contributed by atoms with Gasteiger partial charge in [0, 0.05) is 22.2 Å². The maximum absolute atomic E-state index is 12.3. The number of benzene rings is 2. The van der Waals surface area contributed by atoms with Gasteiger partial charge in [0.2, 0.25) is 11.8 Å². The zero-order valence-electron chi connectivity index (χ0n) is 13.8. The molecular weight excluding hydrogens is 393 g/mol. The zero-order valence-corrected chi connectivity index (χ0v) is 16.1. The summed E-state index contributed by atoms with van der Waals surface area (Å²) in [5.41, 5.74) is 2.11. The molecule has 1 unspecified atom stereocenters. The Balaban J connectivity index is 1.63. The predicted octanol–water partition coefficient (Wildman–Crippen LogP) is 4.55. The topological polar surface area (TPSA) is 70.6 Å². The number of amides is 2. The first-order chi connectivity index (χ1) is 12.4. The molecule has 0 aliphatic carbocycles. The van der Waals surface area contributed by atoms with Crippen molar-refractivity contribution in [2.45, 2.75) is 18.6 Å². The Morgan fingerprint density at radius 2 is 1.96 bits per heavy atom. The molecule has 26 heavy (non-hydrogen) atoms. The van der Waals surface area contributed by atoms with Crippen molar-refractivity contribution in [3.8, 4) is 0 Å². The third kappa shape index (κ3) is 4.58. The summed E-state index contributed by atoms with van der Waals surface area (Å²) in [6.07, 6.45) is 0.0437. The van der Waals surface area contributed by atoms with Crippen LogP contribution in [0.2, 0.25) is 10.0 Å². The van der Waals surface area contributed by atoms with Crippen molar-refractivity contribution in [2.75, 3.05) is 5.32 Å². The van der Waals surface area contributed by atoms with E-state index in [1.807, 2.05) is 6.92 Å². The molecule has 0 radical (unpaired) electrons. The Bertz CT molecular complexity index is 885. The molecule has 2 aromatic carbocycles. The van der Waals surface area contributed by atoms with E-state index in [1.54, 1.807) is 42.5 Å². The number of aliphatic imine (C=N–C) groups is 1. The van der Waals surface area contributed by atoms with Gasteiger partial charge in [-0.2, -0.15) is 0 Å². The highest BCUT2D eigenvalue weighted by atomic mass is 35.5. The van der Waals surface area contributed by atoms with Crippen LogP contribution >= 0.6 is 35.0 Å². The van der Waals surface area contributed by atoms with Crippen LogP contribution < -0.4 is 10.6 Å². The number of thioether (sulfide) groups is 1. The minimum atomic E-state index is -0.527. The molecule has 2 amide bonds. The van der Waals surface area contributed by atoms with Crippen molar-refractivity contribution in [3.63, 3.8) is 0 Å². The third-order valence-corrected chi connectivity index (χ3v) is 5.49. The van der Waals surface area contributed by atoms with E-state index in [4.69, 9.17) is 23.2 Å². The minimum absolute atomic E-state index is 0.0437. The Morgan fingerprint density at radius 3 is 2.69 bits per heavy atom. The van der Waals surface area contributed by atoms with Gasteiger partial charge in [-0.15, -0.1) is 0 Å². The van der Waals surface area contributed by atoms with Crippen LogP contribution in [0.4, 0.5) is 11.4 Å². The van der Waals surface area contributed by atoms with Crippen molar-refractivity contribution >= 4 is 63.3 Å². The summed E-state index contributed by atoms with van der Waals surface area (Å²) in [5, 5.41) is 6.62. The molecule has 1 fully saturated rings. The van der Waals surface area contributed by atoms with Gasteiger partial charge in [0.05, 0.1) is 5.69 Å². The lowest BCUT2D eigenvalue weighted by atomic mass is 10.2. The lowest BCUT2D eigenvalue weighted by Crippen LogP contribution is -2.28. The molecule has 0 saturated carbocycles. The lowest BCUT2D eigenvalue weighted by Gasteiger charge is -2.10. The van der Waals surface area contributed by atoms with Gasteiger partial charge in [0.15, 0.2) is 5.17 Å². The number of nitrogens with zero attached hydrogens (tertiary/aromatic N) is 1. The summed E-state index contributed by atoms with van der Waals surface area (Å²) in [7, 11) is 0. The van der Waals surface area contributed by atoms with Crippen LogP contribution in [0, 0.1) is 6.92 Å². The molecule has 0 aromatic heterocycles. The Kier molecular flexibility index (Phi) is 5.86. The summed E-state index contributed by atoms with van der Waals surface area (Å²) in [6.45, 7) is 1.83. The van der Waals surface area contributed by atoms with Crippen molar-refractivity contribution in [2.24, 2.45) is 4.99 Å². The van der Waals surface area contributed by atoms with Crippen LogP contribution in [-0.2, 0) is 9.59 Å². The van der Waals surface area contributed by atoms with Gasteiger partial charge in [-0.3, -0.25) is 9.59 Å². The Labute approximate surface area is 165 Å². The second-order valence-corrected chi connectivity index (χ2v) is 7.69. The molecule has 134 valence electrons. The fourth-order valence-corrected chi connectivity index (χ4v) is 3.63. The van der Waals surface area contributed by atoms with Gasteiger partial charge in [-0.1, -0.05) is 41.0 Å². The van der Waals surface area contributed by atoms with E-state index in [2.05, 4.69) is 15.6 Å². The Morgan fingerprint density at radius 1 is 1.23 bits per heavy atom. The maximum Gasteiger partial charge on any atom is 0.240 e. The monoisotopic (exact) mass is 407 g/mol. The summed E-state index contributed by atoms with van der Waals surface area (Å²) in [5.74, 6) is -0.489. The number of amidine groups is 1. The van der Waals surface area contributed by atoms with E-state index < -0.39 is 5.25 Å². The first-order valence-corrected chi connectivity index (χ1v) is 9.42. The van der Waals surface area contributed by atoms with E-state index in [0.717, 1.165) is 5.56 Å². The van der Waals surface area contributed by atoms with Crippen molar-refractivity contribution < 1.29 is 9.59 Å². The zero-order chi connectivity index (χ0) is 18.7. The van der Waals surface area contributed by atoms with Gasteiger partial charge in [-0.25, -0.2) is 4.99 Å². The molecule has 1 aliphatic rings. The fraction of sp³-hybridized carbons (Fsp3) is 0.167. The van der Waals surface area contributed by atoms with Crippen LogP contribution in [0.15, 0.2) is 47.5 Å². The molecule has 0 bridgehead atoms. The van der Waals surface area contributed by atoms with Crippen molar-refractivity contribution in [1.82, 2.24) is 5.32 Å². The number of halogens is 2. The van der Waals surface area contributed by atoms with Gasteiger partial charge in [0.1, 0.15) is 5.25 Å². The number of rotatable bonds is 4. The van der Waals surface area contributed by atoms with Crippen molar-refractivity contribution in [3.05, 3.63) is 58.1 Å². The average Bonchev–Trinajstić information content (AvgIpc) is 2.93. The highest BCUT2D eigenvalue weighted by Crippen LogP contribution is 2.27. The normalized spacial score (nSPS) is 18.0. The fourth-order valence-electron chi connectivity index (χ4n) is 2.34. The summed E-state index contributed by atoms with van der Waals surface area (Å²) in [4.78, 5) is 28.7. The smallest absolute Gasteiger partial charge is 0.240 e. The molecule has 1 aliphatic heterocycles. The first kappa shape index (κ1) is 18.8. The number of anilines is 1. The predicted molar refractivity (Wildman–Crippen MR) is 108 cm³/mol. The molecule has 0 spiro atoms. The largest absolute Gasteiger partial charge is 0.326 e. The van der Waals surface area contributed by atoms with E-state index in [0.29, 0.717) is 26.6 Å². The van der Waals surface area contributed by atoms with Crippen LogP contribution in [-0.4, -0.2) is 22.2 Å². The SMILES string of the molecule is Cc1c(Cl)cccc1NC(=O)CC1SC(=Nc2ccc(Cl)cc2)NC1=O. The molecule has 8 heteroatoms. The summed E-state index contributed by atoms with van der Waals surface area (Å²) in [6, 6.07) is 12.2. The number of hydrogen-bond acceptors (Lipinski definition) is 4. The summed E-state index contributed by atoms with van der Waals surface area (Å²) < 4.78 is 0. The highest BCUT2D eigenvalue weighted by Gasteiger charge is 2.32. The number of hydrogen-bond donors (Lipinski definition) is 2. The molecular formula is C18H15Cl2N3O2S. The molecule has 1 saturated heterocycles. The van der Waals surface area contributed by atoms with Crippen LogP contribution in [0.5, 0.6) is 0 Å². The third-order valence-electron chi connectivity index (χ3n) is 3.75. The number of nitrogens with one attached hydrogen (secondary N) is 2. The quantitative estimate of drug-likeness (QED) is 0.780. The maximum atomic E-state index is 12.3. The number of carbonyl (C=O) groups is 2. The first-order valence-electron chi connectivity index (χ1n) is 7.79. The molecule has 2 N–H and O–H groups in total. The molecule has 1 atom stereocenters. The van der Waals surface area contributed by atoms with E-state index in [-0.39, 0.29) is 18.2 Å². The standard InChI is InChI=1S/C18H15Cl2N3O2S/c1-10-13(20)3-2-4-14(10)22-16(24)9-15-17(25)23-18(26-15)21-12-7-5-11(19)6-8-12/h2-8,15H,9H2,1H3,(H,22,24)(H,21,23,25). The molecule has 2 aromatic rings. The van der Waals surface area contributed by atoms with Gasteiger partial charge in [0.25, 0.3) is 0 Å². The van der Waals surface area contributed by atoms with Crippen LogP contribution in [0.25, 0.3) is 0 Å². The van der Waals surface area contributed by atoms with E-state index in [1.165, 1.54) is 11.8 Å². The van der Waals surface area contributed by atoms with Gasteiger partial charge >= 0.3 is 0 Å². The van der Waals surface area contributed by atoms with Gasteiger partial charge in [-0.05, 0) is 48.9 Å². The molecule has 1 heterocycles. The molecule has 3 rings (SSSR count). The lowest BCUT2D eigenvalue weighted by molar-refractivity contribution is -0.122. The van der Waals surface area contributed by atoms with Gasteiger partial charge < -0.3 is 10.6 Å². The van der Waals surface area contributed by atoms with Crippen molar-refractivity contribution in [1.29, 1.82) is 0 Å². The van der Waals surface area contributed by atoms with Crippen LogP contribution in [0.1, 0.15) is 12.0 Å². The summed E-state index contributed by atoms with van der Waals surface area (Å²) >= 11 is 13.1. The molecule has 5 nitrogen and oxygen atoms in total. The second-order valence-electron chi connectivity index (χ2n) is 5.65. The average molecular weight is 408 g/mol. The van der Waals surface area contributed by atoms with E-state index in [9.17, 15) is 9.59 Å². The Hall–Kier alpha value is -2.02. The van der Waals surface area contributed by atoms with E-state index >= 15 is 0 Å². The second kappa shape index (κ2) is 8.12. The minimum Gasteiger partial charge on any atom is -0.326 e. The van der Waals surface area contributed by atoms with Crippen LogP contribution in [0.3, 0.4) is 0 Å².